The number of likely N-dealkylation sites (N-methyl/N-ethyl adjacent to an activating group) is 1. The van der Waals surface area contributed by atoms with E-state index in [9.17, 15) is 15.0 Å². The van der Waals surface area contributed by atoms with Crippen LogP contribution in [0.25, 0.3) is 10.8 Å². The summed E-state index contributed by atoms with van der Waals surface area (Å²) < 4.78 is 6.69. The van der Waals surface area contributed by atoms with E-state index in [4.69, 9.17) is 4.74 Å². The van der Waals surface area contributed by atoms with E-state index < -0.39 is 11.0 Å². The number of likely N-dealkylation sites (tertiary alicyclic amines) is 1. The number of aliphatic hydroxyl groups is 1. The Morgan fingerprint density at radius 1 is 1.08 bits per heavy atom. The molecule has 1 saturated heterocycles. The number of amides is 1. The Hall–Kier alpha value is -3.09. The smallest absolute Gasteiger partial charge is 0.227 e. The molecule has 2 bridgehead atoms. The van der Waals surface area contributed by atoms with E-state index in [1.54, 1.807) is 6.07 Å². The van der Waals surface area contributed by atoms with Gasteiger partial charge in [0.25, 0.3) is 0 Å². The molecule has 2 aliphatic heterocycles. The minimum absolute atomic E-state index is 0.0404. The van der Waals surface area contributed by atoms with Crippen molar-refractivity contribution in [3.8, 4) is 11.5 Å². The van der Waals surface area contributed by atoms with E-state index >= 15 is 0 Å². The second-order valence-corrected chi connectivity index (χ2v) is 12.7. The number of phenols is 1. The molecule has 0 radical (unpaired) electrons. The van der Waals surface area contributed by atoms with Gasteiger partial charge in [-0.05, 0) is 79.0 Å². The predicted octanol–water partition coefficient (Wildman–Crippen LogP) is 4.18. The summed E-state index contributed by atoms with van der Waals surface area (Å²) in [7, 11) is 1.90. The summed E-state index contributed by atoms with van der Waals surface area (Å²) in [5.41, 5.74) is 1.67. The summed E-state index contributed by atoms with van der Waals surface area (Å²) in [5, 5.41) is 25.8. The number of carbonyl (C=O) groups is 1. The van der Waals surface area contributed by atoms with Crippen LogP contribution in [0.3, 0.4) is 0 Å². The van der Waals surface area contributed by atoms with Crippen molar-refractivity contribution in [1.29, 1.82) is 0 Å². The fourth-order valence-electron chi connectivity index (χ4n) is 8.77. The lowest BCUT2D eigenvalue weighted by atomic mass is 9.48. The van der Waals surface area contributed by atoms with Gasteiger partial charge in [0.1, 0.15) is 6.10 Å². The maximum Gasteiger partial charge on any atom is 0.227 e. The van der Waals surface area contributed by atoms with E-state index in [0.717, 1.165) is 53.7 Å². The third-order valence-electron chi connectivity index (χ3n) is 10.8. The maximum absolute atomic E-state index is 13.8. The van der Waals surface area contributed by atoms with Crippen LogP contribution in [-0.4, -0.2) is 69.8 Å². The molecule has 3 aromatic carbocycles. The summed E-state index contributed by atoms with van der Waals surface area (Å²) >= 11 is 0. The van der Waals surface area contributed by atoms with E-state index in [2.05, 4.69) is 23.1 Å². The number of benzene rings is 3. The standard InChI is InChI=1S/C33H36N2O4/c1-34(28(37)18-22-7-4-6-21-5-2-3-8-24(21)22)25-13-14-33(38)27-17-23-11-12-26(36)30-29(23)32(33,31(25)39-30)15-16-35(27)19-20-9-10-20/h2-8,11-12,20,25,27,31,36,38H,9-10,13-19H2,1H3/t25?,27-,31+,32+,33?/m1/s1. The van der Waals surface area contributed by atoms with E-state index in [0.29, 0.717) is 25.0 Å². The van der Waals surface area contributed by atoms with Gasteiger partial charge in [-0.2, -0.15) is 0 Å². The first kappa shape index (κ1) is 23.8. The van der Waals surface area contributed by atoms with Crippen molar-refractivity contribution >= 4 is 16.7 Å². The van der Waals surface area contributed by atoms with Gasteiger partial charge in [0.2, 0.25) is 5.91 Å². The molecule has 0 aromatic heterocycles. The topological polar surface area (TPSA) is 73.2 Å². The Bertz CT molecular complexity index is 1500. The number of carbonyl (C=O) groups excluding carboxylic acids is 1. The Labute approximate surface area is 229 Å². The van der Waals surface area contributed by atoms with Crippen molar-refractivity contribution < 1.29 is 19.7 Å². The van der Waals surface area contributed by atoms with Gasteiger partial charge in [-0.25, -0.2) is 0 Å². The summed E-state index contributed by atoms with van der Waals surface area (Å²) in [6.07, 6.45) is 5.39. The molecule has 2 unspecified atom stereocenters. The zero-order valence-corrected chi connectivity index (χ0v) is 22.5. The molecule has 1 amide bonds. The minimum Gasteiger partial charge on any atom is -0.504 e. The first-order valence-electron chi connectivity index (χ1n) is 14.6. The van der Waals surface area contributed by atoms with Gasteiger partial charge < -0.3 is 19.8 Å². The van der Waals surface area contributed by atoms with Crippen LogP contribution in [-0.2, 0) is 23.1 Å². The zero-order chi connectivity index (χ0) is 26.5. The van der Waals surface area contributed by atoms with E-state index in [1.165, 1.54) is 18.4 Å². The normalized spacial score (nSPS) is 32.5. The second kappa shape index (κ2) is 8.21. The molecule has 3 aromatic rings. The van der Waals surface area contributed by atoms with Crippen LogP contribution in [0.2, 0.25) is 0 Å². The van der Waals surface area contributed by atoms with Crippen molar-refractivity contribution in [3.63, 3.8) is 0 Å². The quantitative estimate of drug-likeness (QED) is 0.524. The summed E-state index contributed by atoms with van der Waals surface area (Å²) in [6, 6.07) is 18.0. The van der Waals surface area contributed by atoms with Crippen LogP contribution < -0.4 is 4.74 Å². The molecular formula is C33H36N2O4. The van der Waals surface area contributed by atoms with Crippen LogP contribution in [0.5, 0.6) is 11.5 Å². The molecule has 5 aliphatic rings. The number of phenolic OH excluding ortho intramolecular Hbond substituents is 1. The lowest BCUT2D eigenvalue weighted by Crippen LogP contribution is -2.78. The monoisotopic (exact) mass is 524 g/mol. The van der Waals surface area contributed by atoms with Gasteiger partial charge in [-0.3, -0.25) is 9.69 Å². The molecule has 202 valence electrons. The molecule has 2 N–H and O–H groups in total. The summed E-state index contributed by atoms with van der Waals surface area (Å²) in [5.74, 6) is 1.49. The van der Waals surface area contributed by atoms with Crippen molar-refractivity contribution in [2.45, 2.75) is 74.1 Å². The second-order valence-electron chi connectivity index (χ2n) is 12.7. The zero-order valence-electron chi connectivity index (χ0n) is 22.5. The van der Waals surface area contributed by atoms with E-state index in [-0.39, 0.29) is 29.8 Å². The predicted molar refractivity (Wildman–Crippen MR) is 149 cm³/mol. The highest BCUT2D eigenvalue weighted by Crippen LogP contribution is 2.66. The van der Waals surface area contributed by atoms with E-state index in [1.807, 2.05) is 42.3 Å². The number of fused-ring (bicyclic) bond motifs is 1. The number of nitrogens with zero attached hydrogens (tertiary/aromatic N) is 2. The Kier molecular flexibility index (Phi) is 5.01. The van der Waals surface area contributed by atoms with Crippen molar-refractivity contribution in [1.82, 2.24) is 9.80 Å². The molecule has 2 saturated carbocycles. The fraction of sp³-hybridized carbons (Fsp3) is 0.485. The largest absolute Gasteiger partial charge is 0.504 e. The lowest BCUT2D eigenvalue weighted by molar-refractivity contribution is -0.200. The molecule has 3 fully saturated rings. The van der Waals surface area contributed by atoms with Crippen LogP contribution in [0.15, 0.2) is 54.6 Å². The highest BCUT2D eigenvalue weighted by atomic mass is 16.5. The number of ether oxygens (including phenoxy) is 1. The van der Waals surface area contributed by atoms with Crippen LogP contribution in [0.4, 0.5) is 0 Å². The van der Waals surface area contributed by atoms with Gasteiger partial charge in [0, 0.05) is 25.2 Å². The van der Waals surface area contributed by atoms with Crippen LogP contribution in [0.1, 0.15) is 48.8 Å². The highest BCUT2D eigenvalue weighted by molar-refractivity contribution is 5.90. The Morgan fingerprint density at radius 3 is 2.74 bits per heavy atom. The molecule has 3 aliphatic carbocycles. The lowest BCUT2D eigenvalue weighted by Gasteiger charge is -2.64. The minimum atomic E-state index is -0.938. The van der Waals surface area contributed by atoms with Gasteiger partial charge in [0.15, 0.2) is 11.5 Å². The van der Waals surface area contributed by atoms with Gasteiger partial charge >= 0.3 is 0 Å². The van der Waals surface area contributed by atoms with Crippen molar-refractivity contribution in [2.24, 2.45) is 5.92 Å². The summed E-state index contributed by atoms with van der Waals surface area (Å²) in [4.78, 5) is 18.3. The SMILES string of the molecule is CN(C(=O)Cc1cccc2ccccc12)C1CCC2(O)[C@H]3Cc4ccc(O)c5c4[C@@]2(CCN3CC2CC2)[C@H]1O5. The molecule has 2 heterocycles. The number of rotatable bonds is 5. The Morgan fingerprint density at radius 2 is 1.90 bits per heavy atom. The molecule has 5 atom stereocenters. The average Bonchev–Trinajstić information content (AvgIpc) is 3.68. The number of piperidine rings is 1. The number of hydrogen-bond donors (Lipinski definition) is 2. The van der Waals surface area contributed by atoms with Crippen LogP contribution in [0, 0.1) is 5.92 Å². The molecular weight excluding hydrogens is 488 g/mol. The Balaban J connectivity index is 1.16. The molecule has 6 nitrogen and oxygen atoms in total. The van der Waals surface area contributed by atoms with Crippen molar-refractivity contribution in [3.05, 3.63) is 71.3 Å². The van der Waals surface area contributed by atoms with Gasteiger partial charge in [-0.1, -0.05) is 48.5 Å². The number of hydrogen-bond acceptors (Lipinski definition) is 5. The molecule has 8 rings (SSSR count). The van der Waals surface area contributed by atoms with Crippen molar-refractivity contribution in [2.75, 3.05) is 20.1 Å². The van der Waals surface area contributed by atoms with Gasteiger partial charge in [-0.15, -0.1) is 0 Å². The maximum atomic E-state index is 13.8. The third kappa shape index (κ3) is 3.19. The number of aromatic hydroxyl groups is 1. The highest BCUT2D eigenvalue weighted by Gasteiger charge is 2.73. The van der Waals surface area contributed by atoms with Gasteiger partial charge in [0.05, 0.1) is 23.5 Å². The molecule has 6 heteroatoms. The average molecular weight is 525 g/mol. The first-order chi connectivity index (χ1) is 18.9. The fourth-order valence-corrected chi connectivity index (χ4v) is 8.77. The molecule has 1 spiro atoms. The first-order valence-corrected chi connectivity index (χ1v) is 14.6. The third-order valence-corrected chi connectivity index (χ3v) is 10.8. The molecule has 39 heavy (non-hydrogen) atoms. The van der Waals surface area contributed by atoms with Crippen LogP contribution >= 0.6 is 0 Å². The summed E-state index contributed by atoms with van der Waals surface area (Å²) in [6.45, 7) is 1.97.